The van der Waals surface area contributed by atoms with Gasteiger partial charge in [0.2, 0.25) is 0 Å². The average molecular weight is 943 g/mol. The number of carbonyl (C=O) groups excluding carboxylic acids is 1. The van der Waals surface area contributed by atoms with Crippen LogP contribution in [0.5, 0.6) is 0 Å². The maximum atomic E-state index is 12.8. The summed E-state index contributed by atoms with van der Waals surface area (Å²) in [5.41, 5.74) is 0. The zero-order valence-corrected chi connectivity index (χ0v) is 40.5. The van der Waals surface area contributed by atoms with Crippen molar-refractivity contribution in [3.63, 3.8) is 0 Å². The summed E-state index contributed by atoms with van der Waals surface area (Å²) >= 11 is 0. The Morgan fingerprint density at radius 3 is 1.44 bits per heavy atom. The molecule has 6 atom stereocenters. The molecule has 66 heavy (non-hydrogen) atoms. The highest BCUT2D eigenvalue weighted by atomic mass is 32.3. The van der Waals surface area contributed by atoms with E-state index in [2.05, 4.69) is 140 Å². The van der Waals surface area contributed by atoms with Gasteiger partial charge >= 0.3 is 16.4 Å². The minimum absolute atomic E-state index is 0.0223. The Kier molecular flexibility index (Phi) is 38.9. The summed E-state index contributed by atoms with van der Waals surface area (Å²) in [5, 5.41) is 30.7. The smallest absolute Gasteiger partial charge is 0.397 e. The first-order valence-electron chi connectivity index (χ1n) is 23.9. The molecule has 0 aromatic carbocycles. The van der Waals surface area contributed by atoms with E-state index in [1.807, 2.05) is 12.2 Å². The summed E-state index contributed by atoms with van der Waals surface area (Å²) in [7, 11) is -5.09. The third kappa shape index (κ3) is 35.4. The molecular weight excluding hydrogens is 861 g/mol. The van der Waals surface area contributed by atoms with Crippen LogP contribution in [-0.2, 0) is 38.3 Å². The summed E-state index contributed by atoms with van der Waals surface area (Å²) in [4.78, 5) is 12.8. The lowest BCUT2D eigenvalue weighted by atomic mass is 9.99. The monoisotopic (exact) mass is 943 g/mol. The maximum absolute atomic E-state index is 12.8. The minimum Gasteiger partial charge on any atom is -0.457 e. The van der Waals surface area contributed by atoms with Crippen LogP contribution in [0.2, 0.25) is 0 Å². The van der Waals surface area contributed by atoms with Crippen molar-refractivity contribution in [1.82, 2.24) is 0 Å². The van der Waals surface area contributed by atoms with Crippen molar-refractivity contribution in [2.75, 3.05) is 26.4 Å². The molecule has 1 heterocycles. The largest absolute Gasteiger partial charge is 0.457 e. The van der Waals surface area contributed by atoms with Crippen molar-refractivity contribution in [2.45, 2.75) is 166 Å². The van der Waals surface area contributed by atoms with Crippen molar-refractivity contribution >= 4 is 16.4 Å². The Bertz CT molecular complexity index is 1650. The minimum atomic E-state index is -5.09. The number of esters is 1. The van der Waals surface area contributed by atoms with Crippen LogP contribution in [0.4, 0.5) is 0 Å². The summed E-state index contributed by atoms with van der Waals surface area (Å²) in [6.07, 6.45) is 53.5. The Hall–Kier alpha value is -3.76. The Labute approximate surface area is 397 Å². The molecule has 1 aliphatic heterocycles. The van der Waals surface area contributed by atoms with Gasteiger partial charge in [-0.05, 0) is 96.3 Å². The molecule has 0 aromatic rings. The van der Waals surface area contributed by atoms with E-state index in [1.54, 1.807) is 0 Å². The predicted octanol–water partition coefficient (Wildman–Crippen LogP) is 10.7. The Morgan fingerprint density at radius 1 is 0.576 bits per heavy atom. The molecule has 0 spiro atoms. The van der Waals surface area contributed by atoms with Crippen LogP contribution in [0.25, 0.3) is 0 Å². The Balaban J connectivity index is 2.50. The number of carbonyl (C=O) groups is 1. The molecule has 1 rings (SSSR count). The van der Waals surface area contributed by atoms with Crippen LogP contribution in [0.3, 0.4) is 0 Å². The molecule has 1 saturated heterocycles. The average Bonchev–Trinajstić information content (AvgIpc) is 3.29. The van der Waals surface area contributed by atoms with Crippen molar-refractivity contribution in [3.05, 3.63) is 134 Å². The van der Waals surface area contributed by atoms with Gasteiger partial charge in [0.15, 0.2) is 6.29 Å². The fourth-order valence-electron chi connectivity index (χ4n) is 6.25. The molecule has 0 aromatic heterocycles. The van der Waals surface area contributed by atoms with Gasteiger partial charge in [-0.3, -0.25) is 9.35 Å². The van der Waals surface area contributed by atoms with E-state index < -0.39 is 59.8 Å². The molecule has 0 bridgehead atoms. The molecule has 12 nitrogen and oxygen atoms in total. The first-order valence-corrected chi connectivity index (χ1v) is 25.3. The van der Waals surface area contributed by atoms with Crippen molar-refractivity contribution in [3.8, 4) is 0 Å². The lowest BCUT2D eigenvalue weighted by Crippen LogP contribution is -2.60. The number of allylic oxidation sites excluding steroid dienone is 22. The number of aliphatic hydroxyl groups excluding tert-OH is 3. The molecule has 372 valence electrons. The van der Waals surface area contributed by atoms with Gasteiger partial charge in [0.25, 0.3) is 0 Å². The number of rotatable bonds is 39. The number of hydrogen-bond acceptors (Lipinski definition) is 11. The standard InChI is InChI=1S/C53H82O12S/c1-3-5-7-9-11-13-15-17-19-21-23-25-27-29-31-33-35-37-39-41-43-61-45-47(46-62-53-51(57)52(65-66(58,59)60)50(56)48(44-54)64-53)63-49(55)42-40-38-36-34-32-30-28-26-24-22-20-18-16-14-12-10-8-6-4-2/h5-8,11-14,17-20,23-26,29-32,36,38,47-48,50-54,56-57H,3-4,9-10,15-16,21-22,27-28,33-35,37,39-46H2,1-2H3,(H,58,59,60)/b7-5-,8-6-,13-11-,14-12-,19-17-,20-18-,25-23-,26-24-,31-29-,32-30-,38-36-. The highest BCUT2D eigenvalue weighted by Gasteiger charge is 2.48. The van der Waals surface area contributed by atoms with E-state index >= 15 is 0 Å². The third-order valence-corrected chi connectivity index (χ3v) is 10.2. The highest BCUT2D eigenvalue weighted by Crippen LogP contribution is 2.26. The number of unbranched alkanes of at least 4 members (excludes halogenated alkanes) is 4. The van der Waals surface area contributed by atoms with Gasteiger partial charge in [-0.15, -0.1) is 0 Å². The Morgan fingerprint density at radius 2 is 1.00 bits per heavy atom. The van der Waals surface area contributed by atoms with Gasteiger partial charge in [0.1, 0.15) is 30.5 Å². The van der Waals surface area contributed by atoms with Crippen LogP contribution < -0.4 is 0 Å². The number of hydrogen-bond donors (Lipinski definition) is 4. The molecule has 0 amide bonds. The van der Waals surface area contributed by atoms with Gasteiger partial charge in [0.05, 0.1) is 19.8 Å². The van der Waals surface area contributed by atoms with Gasteiger partial charge in [-0.2, -0.15) is 8.42 Å². The second-order valence-corrected chi connectivity index (χ2v) is 16.6. The summed E-state index contributed by atoms with van der Waals surface area (Å²) in [5.74, 6) is -0.497. The molecule has 1 fully saturated rings. The van der Waals surface area contributed by atoms with Crippen LogP contribution in [0.15, 0.2) is 134 Å². The topological polar surface area (TPSA) is 178 Å². The molecule has 6 unspecified atom stereocenters. The quantitative estimate of drug-likeness (QED) is 0.0199. The van der Waals surface area contributed by atoms with Crippen LogP contribution in [0, 0.1) is 0 Å². The number of aliphatic hydroxyl groups is 3. The van der Waals surface area contributed by atoms with Crippen molar-refractivity contribution in [1.29, 1.82) is 0 Å². The predicted molar refractivity (Wildman–Crippen MR) is 266 cm³/mol. The molecule has 0 aliphatic carbocycles. The first kappa shape index (κ1) is 60.3. The lowest BCUT2D eigenvalue weighted by molar-refractivity contribution is -0.301. The van der Waals surface area contributed by atoms with E-state index in [1.165, 1.54) is 0 Å². The first-order chi connectivity index (χ1) is 32.1. The van der Waals surface area contributed by atoms with Gasteiger partial charge in [-0.1, -0.05) is 160 Å². The molecule has 0 radical (unpaired) electrons. The normalized spacial score (nSPS) is 20.7. The molecule has 13 heteroatoms. The van der Waals surface area contributed by atoms with Crippen molar-refractivity contribution < 1.29 is 56.2 Å². The van der Waals surface area contributed by atoms with Crippen LogP contribution in [-0.4, -0.2) is 97.5 Å². The van der Waals surface area contributed by atoms with Gasteiger partial charge in [-0.25, -0.2) is 4.18 Å². The third-order valence-electron chi connectivity index (χ3n) is 9.78. The van der Waals surface area contributed by atoms with E-state index in [0.29, 0.717) is 13.0 Å². The second kappa shape index (κ2) is 42.6. The summed E-state index contributed by atoms with van der Waals surface area (Å²) < 4.78 is 59.0. The van der Waals surface area contributed by atoms with Crippen LogP contribution in [0.1, 0.15) is 129 Å². The SMILES string of the molecule is CC/C=C\C/C=C\C/C=C\C/C=C\C/C=C\C/C=C\CCC(=O)OC(COCCCCCC/C=C\C/C=C\C/C=C\C/C=C\C/C=C\CC)COC1OC(CO)C(O)C(OS(=O)(=O)O)C1O. The maximum Gasteiger partial charge on any atom is 0.397 e. The fourth-order valence-corrected chi connectivity index (χ4v) is 6.76. The molecular formula is C53H82O12S. The zero-order chi connectivity index (χ0) is 48.2. The van der Waals surface area contributed by atoms with Gasteiger partial charge < -0.3 is 34.3 Å². The lowest BCUT2D eigenvalue weighted by Gasteiger charge is -2.41. The summed E-state index contributed by atoms with van der Waals surface area (Å²) in [6.45, 7) is 3.57. The number of ether oxygens (including phenoxy) is 4. The highest BCUT2D eigenvalue weighted by molar-refractivity contribution is 7.80. The zero-order valence-electron chi connectivity index (χ0n) is 39.7. The fraction of sp³-hybridized carbons (Fsp3) is 0.566. The van der Waals surface area contributed by atoms with E-state index in [0.717, 1.165) is 103 Å². The molecule has 0 saturated carbocycles. The van der Waals surface area contributed by atoms with Crippen LogP contribution >= 0.6 is 0 Å². The summed E-state index contributed by atoms with van der Waals surface area (Å²) in [6, 6.07) is 0. The van der Waals surface area contributed by atoms with Crippen molar-refractivity contribution in [2.24, 2.45) is 0 Å². The molecule has 1 aliphatic rings. The van der Waals surface area contributed by atoms with Gasteiger partial charge in [0, 0.05) is 13.0 Å². The second-order valence-electron chi connectivity index (χ2n) is 15.6. The molecule has 4 N–H and O–H groups in total. The van der Waals surface area contributed by atoms with E-state index in [-0.39, 0.29) is 19.6 Å². The van der Waals surface area contributed by atoms with E-state index in [4.69, 9.17) is 18.9 Å². The van der Waals surface area contributed by atoms with E-state index in [9.17, 15) is 33.1 Å².